The molecule has 2 heterocycles. The van der Waals surface area contributed by atoms with Gasteiger partial charge >= 0.3 is 0 Å². The number of amides is 1. The molecular weight excluding hydrogens is 326 g/mol. The molecule has 1 saturated carbocycles. The predicted molar refractivity (Wildman–Crippen MR) is 99.1 cm³/mol. The maximum Gasteiger partial charge on any atom is 0.228 e. The molecule has 1 aliphatic heterocycles. The number of hydrogen-bond donors (Lipinski definition) is 0. The van der Waals surface area contributed by atoms with Crippen molar-refractivity contribution in [2.45, 2.75) is 32.1 Å². The Morgan fingerprint density at radius 3 is 2.85 bits per heavy atom. The average Bonchev–Trinajstić information content (AvgIpc) is 3.00. The van der Waals surface area contributed by atoms with E-state index in [4.69, 9.17) is 9.84 Å². The molecule has 1 aromatic carbocycles. The third-order valence-electron chi connectivity index (χ3n) is 6.62. The lowest BCUT2D eigenvalue weighted by atomic mass is 9.93. The van der Waals surface area contributed by atoms with Crippen LogP contribution in [0.1, 0.15) is 36.9 Å². The first-order chi connectivity index (χ1) is 12.5. The molecule has 1 amide bonds. The van der Waals surface area contributed by atoms with Crippen LogP contribution in [-0.2, 0) is 18.3 Å². The van der Waals surface area contributed by atoms with Gasteiger partial charge < -0.3 is 9.64 Å². The average molecular weight is 351 g/mol. The van der Waals surface area contributed by atoms with Gasteiger partial charge in [0.2, 0.25) is 5.91 Å². The van der Waals surface area contributed by atoms with Crippen molar-refractivity contribution >= 4 is 5.91 Å². The summed E-state index contributed by atoms with van der Waals surface area (Å²) >= 11 is 0. The summed E-state index contributed by atoms with van der Waals surface area (Å²) in [6, 6.07) is 8.13. The number of benzene rings is 1. The van der Waals surface area contributed by atoms with Gasteiger partial charge in [-0.1, -0.05) is 19.1 Å². The monoisotopic (exact) mass is 351 g/mol. The minimum absolute atomic E-state index is 0.0773. The molecule has 3 aliphatic rings. The molecular formula is C21H25N3O2. The van der Waals surface area contributed by atoms with E-state index in [1.54, 1.807) is 7.11 Å². The maximum absolute atomic E-state index is 12.8. The highest BCUT2D eigenvalue weighted by Gasteiger charge is 2.52. The van der Waals surface area contributed by atoms with Crippen LogP contribution in [-0.4, -0.2) is 40.8 Å². The summed E-state index contributed by atoms with van der Waals surface area (Å²) in [4.78, 5) is 14.9. The van der Waals surface area contributed by atoms with Gasteiger partial charge in [0, 0.05) is 48.3 Å². The second kappa shape index (κ2) is 5.35. The first kappa shape index (κ1) is 15.9. The number of fused-ring (bicyclic) bond motifs is 3. The molecule has 2 aromatic rings. The summed E-state index contributed by atoms with van der Waals surface area (Å²) in [5, 5.41) is 4.83. The molecule has 2 aliphatic carbocycles. The number of ether oxygens (including phenoxy) is 1. The fourth-order valence-corrected chi connectivity index (χ4v) is 4.79. The zero-order chi connectivity index (χ0) is 18.1. The first-order valence-corrected chi connectivity index (χ1v) is 9.50. The topological polar surface area (TPSA) is 47.4 Å². The number of carbonyl (C=O) groups excluding carboxylic acids is 1. The summed E-state index contributed by atoms with van der Waals surface area (Å²) in [5.41, 5.74) is 4.76. The van der Waals surface area contributed by atoms with E-state index in [1.807, 2.05) is 23.9 Å². The highest BCUT2D eigenvalue weighted by atomic mass is 16.5. The molecule has 0 unspecified atom stereocenters. The van der Waals surface area contributed by atoms with E-state index in [1.165, 1.54) is 11.3 Å². The van der Waals surface area contributed by atoms with Gasteiger partial charge in [-0.2, -0.15) is 5.10 Å². The van der Waals surface area contributed by atoms with Crippen molar-refractivity contribution in [1.82, 2.24) is 14.7 Å². The van der Waals surface area contributed by atoms with Crippen LogP contribution in [0.15, 0.2) is 24.3 Å². The number of methoxy groups -OCH3 is 1. The van der Waals surface area contributed by atoms with Gasteiger partial charge in [-0.05, 0) is 37.3 Å². The van der Waals surface area contributed by atoms with Crippen molar-refractivity contribution in [2.75, 3.05) is 20.2 Å². The van der Waals surface area contributed by atoms with E-state index in [-0.39, 0.29) is 5.41 Å². The molecule has 5 rings (SSSR count). The quantitative estimate of drug-likeness (QED) is 0.854. The number of nitrogens with zero attached hydrogens (tertiary/aromatic N) is 3. The van der Waals surface area contributed by atoms with Gasteiger partial charge in [0.1, 0.15) is 5.75 Å². The highest BCUT2D eigenvalue weighted by Crippen LogP contribution is 2.51. The minimum atomic E-state index is -0.0773. The predicted octanol–water partition coefficient (Wildman–Crippen LogP) is 2.99. The van der Waals surface area contributed by atoms with Crippen molar-refractivity contribution in [3.8, 4) is 17.0 Å². The Morgan fingerprint density at radius 2 is 2.12 bits per heavy atom. The van der Waals surface area contributed by atoms with Crippen LogP contribution in [0.5, 0.6) is 5.75 Å². The van der Waals surface area contributed by atoms with Crippen LogP contribution in [0.25, 0.3) is 11.3 Å². The van der Waals surface area contributed by atoms with E-state index in [9.17, 15) is 4.79 Å². The van der Waals surface area contributed by atoms with E-state index in [0.717, 1.165) is 49.4 Å². The molecule has 0 radical (unpaired) electrons. The zero-order valence-electron chi connectivity index (χ0n) is 15.7. The molecule has 2 atom stereocenters. The molecule has 26 heavy (non-hydrogen) atoms. The fourth-order valence-electron chi connectivity index (χ4n) is 4.79. The van der Waals surface area contributed by atoms with Gasteiger partial charge in [-0.15, -0.1) is 0 Å². The van der Waals surface area contributed by atoms with Gasteiger partial charge in [0.15, 0.2) is 0 Å². The van der Waals surface area contributed by atoms with Crippen LogP contribution >= 0.6 is 0 Å². The molecule has 5 heteroatoms. The molecule has 0 N–H and O–H groups in total. The number of likely N-dealkylation sites (tertiary alicyclic amines) is 1. The molecule has 136 valence electrons. The van der Waals surface area contributed by atoms with E-state index in [2.05, 4.69) is 24.0 Å². The fraction of sp³-hybridized carbons (Fsp3) is 0.524. The molecule has 5 nitrogen and oxygen atoms in total. The second-order valence-corrected chi connectivity index (χ2v) is 8.41. The molecule has 1 aromatic heterocycles. The van der Waals surface area contributed by atoms with E-state index in [0.29, 0.717) is 17.7 Å². The van der Waals surface area contributed by atoms with E-state index >= 15 is 0 Å². The number of aryl methyl sites for hydroxylation is 1. The van der Waals surface area contributed by atoms with Gasteiger partial charge in [0.05, 0.1) is 12.8 Å². The lowest BCUT2D eigenvalue weighted by Crippen LogP contribution is -2.35. The van der Waals surface area contributed by atoms with Crippen LogP contribution in [0, 0.1) is 11.3 Å². The van der Waals surface area contributed by atoms with Crippen molar-refractivity contribution in [1.29, 1.82) is 0 Å². The van der Waals surface area contributed by atoms with Crippen molar-refractivity contribution in [3.63, 3.8) is 0 Å². The van der Waals surface area contributed by atoms with Crippen LogP contribution in [0.2, 0.25) is 0 Å². The number of carbonyl (C=O) groups is 1. The third kappa shape index (κ3) is 2.22. The van der Waals surface area contributed by atoms with Crippen molar-refractivity contribution < 1.29 is 9.53 Å². The van der Waals surface area contributed by atoms with Crippen LogP contribution in [0.3, 0.4) is 0 Å². The number of aromatic nitrogens is 2. The lowest BCUT2D eigenvalue weighted by Gasteiger charge is -2.21. The van der Waals surface area contributed by atoms with Crippen molar-refractivity contribution in [2.24, 2.45) is 18.4 Å². The van der Waals surface area contributed by atoms with Gasteiger partial charge in [0.25, 0.3) is 0 Å². The Bertz CT molecular complexity index is 897. The lowest BCUT2D eigenvalue weighted by molar-refractivity contribution is -0.135. The summed E-state index contributed by atoms with van der Waals surface area (Å²) in [7, 11) is 3.73. The first-order valence-electron chi connectivity index (χ1n) is 9.50. The van der Waals surface area contributed by atoms with Crippen molar-refractivity contribution in [3.05, 3.63) is 35.5 Å². The normalized spacial score (nSPS) is 25.1. The largest absolute Gasteiger partial charge is 0.497 e. The number of rotatable bonds is 3. The van der Waals surface area contributed by atoms with Gasteiger partial charge in [-0.25, -0.2) is 0 Å². The van der Waals surface area contributed by atoms with E-state index < -0.39 is 0 Å². The Labute approximate surface area is 153 Å². The Kier molecular flexibility index (Phi) is 3.27. The Balaban J connectivity index is 1.50. The summed E-state index contributed by atoms with van der Waals surface area (Å²) in [6.07, 6.45) is 3.11. The summed E-state index contributed by atoms with van der Waals surface area (Å²) < 4.78 is 7.43. The highest BCUT2D eigenvalue weighted by molar-refractivity contribution is 5.85. The standard InChI is InChI=1S/C21H25N3O2/c1-21(7-8-21)20(25)24-11-14-10-17-18(16(14)12-24)19(22-23(17)2)13-5-4-6-15(9-13)26-3/h4-6,9,14,16H,7-8,10-12H2,1-3H3/t14-,16-/m0/s1. The Morgan fingerprint density at radius 1 is 1.31 bits per heavy atom. The maximum atomic E-state index is 12.8. The molecule has 0 spiro atoms. The summed E-state index contributed by atoms with van der Waals surface area (Å²) in [5.74, 6) is 2.15. The van der Waals surface area contributed by atoms with Crippen LogP contribution < -0.4 is 4.74 Å². The smallest absolute Gasteiger partial charge is 0.228 e. The second-order valence-electron chi connectivity index (χ2n) is 8.41. The zero-order valence-corrected chi connectivity index (χ0v) is 15.7. The SMILES string of the molecule is COc1cccc(-c2nn(C)c3c2[C@H]2CN(C(=O)C4(C)CC4)C[C@@H]2C3)c1. The summed E-state index contributed by atoms with van der Waals surface area (Å²) in [6.45, 7) is 3.85. The van der Waals surface area contributed by atoms with Gasteiger partial charge in [-0.3, -0.25) is 9.48 Å². The minimum Gasteiger partial charge on any atom is -0.497 e. The van der Waals surface area contributed by atoms with Crippen LogP contribution in [0.4, 0.5) is 0 Å². The third-order valence-corrected chi connectivity index (χ3v) is 6.62. The Hall–Kier alpha value is -2.30. The molecule has 0 bridgehead atoms. The molecule has 2 fully saturated rings. The molecule has 1 saturated heterocycles. The number of hydrogen-bond acceptors (Lipinski definition) is 3.